The van der Waals surface area contributed by atoms with Crippen molar-refractivity contribution in [1.29, 1.82) is 0 Å². The molecule has 1 atom stereocenters. The zero-order valence-corrected chi connectivity index (χ0v) is 11.8. The number of aromatic nitrogens is 4. The van der Waals surface area contributed by atoms with Crippen molar-refractivity contribution in [2.45, 2.75) is 20.0 Å². The molecule has 1 aromatic carbocycles. The number of aromatic amines is 1. The molecule has 21 heavy (non-hydrogen) atoms. The Labute approximate surface area is 121 Å². The quantitative estimate of drug-likeness (QED) is 0.710. The Bertz CT molecular complexity index is 857. The number of aryl methyl sites for hydroxylation is 2. The van der Waals surface area contributed by atoms with Crippen LogP contribution in [0.1, 0.15) is 23.0 Å². The number of aliphatic imine (C=N–C) groups is 1. The Morgan fingerprint density at radius 3 is 2.86 bits per heavy atom. The summed E-state index contributed by atoms with van der Waals surface area (Å²) >= 11 is 0. The molecule has 0 amide bonds. The summed E-state index contributed by atoms with van der Waals surface area (Å²) in [6.45, 7) is 4.17. The van der Waals surface area contributed by atoms with Crippen LogP contribution in [0, 0.1) is 13.8 Å². The van der Waals surface area contributed by atoms with Gasteiger partial charge in [0.2, 0.25) is 0 Å². The molecule has 2 aromatic heterocycles. The molecule has 1 aliphatic rings. The summed E-state index contributed by atoms with van der Waals surface area (Å²) in [5.41, 5.74) is 11.5. The maximum Gasteiger partial charge on any atom is 0.178 e. The Morgan fingerprint density at radius 1 is 1.19 bits per heavy atom. The van der Waals surface area contributed by atoms with Crippen molar-refractivity contribution >= 4 is 23.2 Å². The second kappa shape index (κ2) is 4.16. The number of imidazole rings is 2. The summed E-state index contributed by atoms with van der Waals surface area (Å²) in [7, 11) is 0. The van der Waals surface area contributed by atoms with Crippen LogP contribution >= 0.6 is 0 Å². The third kappa shape index (κ3) is 1.67. The Hall–Kier alpha value is -2.67. The van der Waals surface area contributed by atoms with Crippen LogP contribution in [-0.4, -0.2) is 26.0 Å². The first-order valence-electron chi connectivity index (χ1n) is 6.71. The standard InChI is InChI=1S/C14H15N7/c1-8-3-10-11(4-9(8)2)20(6-18-10)21-7-19-14-12(13(21)15)16-5-17-14/h3-7,13H,15H2,1-2H3,(H,16,17). The van der Waals surface area contributed by atoms with E-state index in [2.05, 4.69) is 45.9 Å². The molecule has 7 nitrogen and oxygen atoms in total. The number of benzene rings is 1. The van der Waals surface area contributed by atoms with Crippen LogP contribution in [0.3, 0.4) is 0 Å². The normalized spacial score (nSPS) is 17.5. The third-order valence-electron chi connectivity index (χ3n) is 3.92. The van der Waals surface area contributed by atoms with Gasteiger partial charge in [0.15, 0.2) is 5.82 Å². The number of nitrogens with two attached hydrogens (primary N) is 1. The number of fused-ring (bicyclic) bond motifs is 2. The summed E-state index contributed by atoms with van der Waals surface area (Å²) in [6.07, 6.45) is 4.67. The van der Waals surface area contributed by atoms with Gasteiger partial charge in [0.25, 0.3) is 0 Å². The minimum Gasteiger partial charge on any atom is -0.344 e. The van der Waals surface area contributed by atoms with Crippen LogP contribution < -0.4 is 10.7 Å². The molecule has 0 fully saturated rings. The van der Waals surface area contributed by atoms with E-state index in [1.807, 2.05) is 9.69 Å². The van der Waals surface area contributed by atoms with Gasteiger partial charge in [-0.3, -0.25) is 0 Å². The van der Waals surface area contributed by atoms with Crippen molar-refractivity contribution in [2.24, 2.45) is 10.7 Å². The molecule has 3 aromatic rings. The van der Waals surface area contributed by atoms with Gasteiger partial charge in [-0.15, -0.1) is 0 Å². The molecule has 0 spiro atoms. The van der Waals surface area contributed by atoms with Crippen molar-refractivity contribution in [3.63, 3.8) is 0 Å². The lowest BCUT2D eigenvalue weighted by molar-refractivity contribution is 0.594. The Morgan fingerprint density at radius 2 is 2.00 bits per heavy atom. The van der Waals surface area contributed by atoms with E-state index in [-0.39, 0.29) is 6.17 Å². The molecule has 1 unspecified atom stereocenters. The molecule has 0 saturated heterocycles. The van der Waals surface area contributed by atoms with Crippen molar-refractivity contribution in [2.75, 3.05) is 5.01 Å². The van der Waals surface area contributed by atoms with E-state index in [1.165, 1.54) is 11.1 Å². The third-order valence-corrected chi connectivity index (χ3v) is 3.92. The highest BCUT2D eigenvalue weighted by atomic mass is 15.6. The predicted octanol–water partition coefficient (Wildman–Crippen LogP) is 1.65. The van der Waals surface area contributed by atoms with Crippen LogP contribution in [0.15, 0.2) is 29.8 Å². The van der Waals surface area contributed by atoms with Gasteiger partial charge < -0.3 is 10.7 Å². The summed E-state index contributed by atoms with van der Waals surface area (Å²) in [4.78, 5) is 15.9. The van der Waals surface area contributed by atoms with Gasteiger partial charge in [-0.2, -0.15) is 0 Å². The number of nitrogens with zero attached hydrogens (tertiary/aromatic N) is 5. The van der Waals surface area contributed by atoms with Crippen molar-refractivity contribution in [1.82, 2.24) is 19.6 Å². The molecule has 3 N–H and O–H groups in total. The molecule has 106 valence electrons. The topological polar surface area (TPSA) is 88.1 Å². The molecule has 3 heterocycles. The highest BCUT2D eigenvalue weighted by Gasteiger charge is 2.25. The van der Waals surface area contributed by atoms with Crippen LogP contribution in [-0.2, 0) is 0 Å². The number of rotatable bonds is 1. The number of nitrogens with one attached hydrogen (secondary N) is 1. The van der Waals surface area contributed by atoms with E-state index >= 15 is 0 Å². The van der Waals surface area contributed by atoms with Gasteiger partial charge >= 0.3 is 0 Å². The highest BCUT2D eigenvalue weighted by molar-refractivity contribution is 5.82. The lowest BCUT2D eigenvalue weighted by Gasteiger charge is -2.29. The summed E-state index contributed by atoms with van der Waals surface area (Å²) in [6, 6.07) is 4.19. The average molecular weight is 281 g/mol. The SMILES string of the molecule is Cc1cc2ncn(N3C=Nc4nc[nH]c4C3N)c2cc1C. The van der Waals surface area contributed by atoms with Crippen molar-refractivity contribution in [3.8, 4) is 0 Å². The monoisotopic (exact) mass is 281 g/mol. The van der Waals surface area contributed by atoms with Crippen LogP contribution in [0.2, 0.25) is 0 Å². The van der Waals surface area contributed by atoms with Gasteiger partial charge in [-0.1, -0.05) is 0 Å². The van der Waals surface area contributed by atoms with Gasteiger partial charge in [0.1, 0.15) is 24.5 Å². The first kappa shape index (κ1) is 12.1. The maximum atomic E-state index is 6.30. The summed E-state index contributed by atoms with van der Waals surface area (Å²) in [5.74, 6) is 0.634. The number of hydrogen-bond acceptors (Lipinski definition) is 5. The lowest BCUT2D eigenvalue weighted by atomic mass is 10.1. The largest absolute Gasteiger partial charge is 0.344 e. The fourth-order valence-corrected chi connectivity index (χ4v) is 2.56. The summed E-state index contributed by atoms with van der Waals surface area (Å²) < 4.78 is 1.92. The molecule has 0 bridgehead atoms. The van der Waals surface area contributed by atoms with Gasteiger partial charge in [-0.25, -0.2) is 24.6 Å². The van der Waals surface area contributed by atoms with E-state index in [0.717, 1.165) is 16.7 Å². The summed E-state index contributed by atoms with van der Waals surface area (Å²) in [5, 5.41) is 1.84. The van der Waals surface area contributed by atoms with Crippen LogP contribution in [0.4, 0.5) is 5.82 Å². The number of H-pyrrole nitrogens is 1. The van der Waals surface area contributed by atoms with E-state index in [1.54, 1.807) is 19.0 Å². The van der Waals surface area contributed by atoms with Gasteiger partial charge in [0.05, 0.1) is 17.4 Å². The minimum atomic E-state index is -0.376. The second-order valence-electron chi connectivity index (χ2n) is 5.22. The first-order chi connectivity index (χ1) is 10.1. The minimum absolute atomic E-state index is 0.376. The number of hydrogen-bond donors (Lipinski definition) is 2. The molecular formula is C14H15N7. The molecule has 0 aliphatic carbocycles. The van der Waals surface area contributed by atoms with Crippen molar-refractivity contribution < 1.29 is 0 Å². The van der Waals surface area contributed by atoms with Crippen LogP contribution in [0.5, 0.6) is 0 Å². The second-order valence-corrected chi connectivity index (χ2v) is 5.22. The fraction of sp³-hybridized carbons (Fsp3) is 0.214. The molecule has 0 saturated carbocycles. The molecule has 7 heteroatoms. The van der Waals surface area contributed by atoms with E-state index in [9.17, 15) is 0 Å². The predicted molar refractivity (Wildman–Crippen MR) is 81.1 cm³/mol. The van der Waals surface area contributed by atoms with Gasteiger partial charge in [-0.05, 0) is 37.1 Å². The lowest BCUT2D eigenvalue weighted by Crippen LogP contribution is -2.43. The zero-order chi connectivity index (χ0) is 14.6. The Balaban J connectivity index is 1.86. The molecular weight excluding hydrogens is 266 g/mol. The molecule has 4 rings (SSSR count). The maximum absolute atomic E-state index is 6.30. The molecule has 1 aliphatic heterocycles. The first-order valence-corrected chi connectivity index (χ1v) is 6.71. The van der Waals surface area contributed by atoms with E-state index < -0.39 is 0 Å². The molecule has 0 radical (unpaired) electrons. The Kier molecular flexibility index (Phi) is 2.40. The van der Waals surface area contributed by atoms with E-state index in [4.69, 9.17) is 5.73 Å². The van der Waals surface area contributed by atoms with Gasteiger partial charge in [0, 0.05) is 0 Å². The zero-order valence-electron chi connectivity index (χ0n) is 11.8. The van der Waals surface area contributed by atoms with E-state index in [0.29, 0.717) is 5.82 Å². The highest BCUT2D eigenvalue weighted by Crippen LogP contribution is 2.27. The van der Waals surface area contributed by atoms with Crippen molar-refractivity contribution in [3.05, 3.63) is 41.6 Å². The smallest absolute Gasteiger partial charge is 0.178 e. The fourth-order valence-electron chi connectivity index (χ4n) is 2.56. The van der Waals surface area contributed by atoms with Crippen LogP contribution in [0.25, 0.3) is 11.0 Å². The average Bonchev–Trinajstić information content (AvgIpc) is 3.08.